The zero-order valence-electron chi connectivity index (χ0n) is 13.8. The lowest BCUT2D eigenvalue weighted by Crippen LogP contribution is -2.12. The maximum Gasteiger partial charge on any atom is 0.266 e. The van der Waals surface area contributed by atoms with Gasteiger partial charge in [-0.15, -0.1) is 0 Å². The Balaban J connectivity index is 1.90. The smallest absolute Gasteiger partial charge is 0.266 e. The van der Waals surface area contributed by atoms with E-state index in [1.54, 1.807) is 37.3 Å². The average molecular weight is 352 g/mol. The van der Waals surface area contributed by atoms with Gasteiger partial charge in [0, 0.05) is 29.5 Å². The van der Waals surface area contributed by atoms with E-state index in [1.807, 2.05) is 6.07 Å². The highest BCUT2D eigenvalue weighted by molar-refractivity contribution is 5.70. The zero-order valence-corrected chi connectivity index (χ0v) is 13.8. The van der Waals surface area contributed by atoms with Gasteiger partial charge in [0.25, 0.3) is 5.56 Å². The number of halogens is 2. The van der Waals surface area contributed by atoms with E-state index in [1.165, 1.54) is 0 Å². The van der Waals surface area contributed by atoms with Crippen LogP contribution in [0, 0.1) is 29.9 Å². The number of ether oxygens (including phenoxy) is 1. The Hall–Kier alpha value is -3.46. The van der Waals surface area contributed by atoms with Crippen molar-refractivity contribution in [3.8, 4) is 22.9 Å². The molecule has 0 amide bonds. The summed E-state index contributed by atoms with van der Waals surface area (Å²) in [6, 6.07) is 13.7. The van der Waals surface area contributed by atoms with Crippen LogP contribution in [0.25, 0.3) is 11.1 Å². The van der Waals surface area contributed by atoms with Crippen molar-refractivity contribution in [1.82, 2.24) is 4.98 Å². The predicted octanol–water partition coefficient (Wildman–Crippen LogP) is 4.08. The van der Waals surface area contributed by atoms with Gasteiger partial charge < -0.3 is 9.72 Å². The fourth-order valence-corrected chi connectivity index (χ4v) is 2.63. The maximum absolute atomic E-state index is 13.2. The molecule has 0 aliphatic heterocycles. The first-order chi connectivity index (χ1) is 12.5. The number of hydrogen-bond donors (Lipinski definition) is 1. The summed E-state index contributed by atoms with van der Waals surface area (Å²) in [7, 11) is 0. The number of aryl methyl sites for hydroxylation is 1. The van der Waals surface area contributed by atoms with Crippen LogP contribution in [0.2, 0.25) is 0 Å². The lowest BCUT2D eigenvalue weighted by molar-refractivity contribution is 0.302. The van der Waals surface area contributed by atoms with Gasteiger partial charge in [-0.2, -0.15) is 5.26 Å². The van der Waals surface area contributed by atoms with Gasteiger partial charge >= 0.3 is 0 Å². The molecule has 26 heavy (non-hydrogen) atoms. The van der Waals surface area contributed by atoms with Crippen molar-refractivity contribution >= 4 is 0 Å². The van der Waals surface area contributed by atoms with Gasteiger partial charge in [-0.3, -0.25) is 4.79 Å². The number of rotatable bonds is 4. The fraction of sp³-hybridized carbons (Fsp3) is 0.100. The van der Waals surface area contributed by atoms with E-state index in [9.17, 15) is 18.8 Å². The summed E-state index contributed by atoms with van der Waals surface area (Å²) in [6.45, 7) is 1.82. The Morgan fingerprint density at radius 3 is 2.54 bits per heavy atom. The Morgan fingerprint density at radius 2 is 1.85 bits per heavy atom. The van der Waals surface area contributed by atoms with E-state index in [-0.39, 0.29) is 17.9 Å². The summed E-state index contributed by atoms with van der Waals surface area (Å²) in [6.07, 6.45) is 0. The molecule has 6 heteroatoms. The molecule has 0 unspecified atom stereocenters. The number of nitrogens with zero attached hydrogens (tertiary/aromatic N) is 1. The molecule has 0 aliphatic carbocycles. The van der Waals surface area contributed by atoms with Crippen LogP contribution in [0.1, 0.15) is 16.8 Å². The number of aromatic nitrogens is 1. The standard InChI is InChI=1S/C20H14F2N2O2/c1-12-5-18(19(10-23)20(25)24-12)14-4-2-3-13(6-14)11-26-17-8-15(21)7-16(22)9-17/h2-9H,11H2,1H3,(H,24,25). The molecule has 3 aromatic rings. The Kier molecular flexibility index (Phi) is 4.81. The van der Waals surface area contributed by atoms with E-state index in [4.69, 9.17) is 4.74 Å². The van der Waals surface area contributed by atoms with Crippen LogP contribution in [0.4, 0.5) is 8.78 Å². The third-order valence-corrected chi connectivity index (χ3v) is 3.76. The van der Waals surface area contributed by atoms with Gasteiger partial charge in [-0.1, -0.05) is 18.2 Å². The van der Waals surface area contributed by atoms with Crippen LogP contribution >= 0.6 is 0 Å². The molecule has 1 N–H and O–H groups in total. The second-order valence-electron chi connectivity index (χ2n) is 5.78. The van der Waals surface area contributed by atoms with Crippen molar-refractivity contribution in [2.24, 2.45) is 0 Å². The van der Waals surface area contributed by atoms with Crippen molar-refractivity contribution in [2.75, 3.05) is 0 Å². The number of hydrogen-bond acceptors (Lipinski definition) is 3. The molecular weight excluding hydrogens is 338 g/mol. The largest absolute Gasteiger partial charge is 0.489 e. The molecule has 1 heterocycles. The number of nitrogens with one attached hydrogen (secondary N) is 1. The summed E-state index contributed by atoms with van der Waals surface area (Å²) in [5, 5.41) is 9.26. The molecule has 0 radical (unpaired) electrons. The molecule has 130 valence electrons. The molecule has 0 saturated heterocycles. The van der Waals surface area contributed by atoms with Crippen molar-refractivity contribution in [2.45, 2.75) is 13.5 Å². The van der Waals surface area contributed by atoms with Gasteiger partial charge in [0.05, 0.1) is 0 Å². The number of pyridine rings is 1. The zero-order chi connectivity index (χ0) is 18.7. The monoisotopic (exact) mass is 352 g/mol. The summed E-state index contributed by atoms with van der Waals surface area (Å²) < 4.78 is 31.9. The molecule has 0 aliphatic rings. The summed E-state index contributed by atoms with van der Waals surface area (Å²) in [5.41, 5.74) is 2.16. The minimum atomic E-state index is -0.716. The molecule has 1 aromatic heterocycles. The number of aromatic amines is 1. The van der Waals surface area contributed by atoms with Crippen LogP contribution in [0.5, 0.6) is 5.75 Å². The molecule has 0 fully saturated rings. The van der Waals surface area contributed by atoms with E-state index in [0.717, 1.165) is 23.8 Å². The summed E-state index contributed by atoms with van der Waals surface area (Å²) >= 11 is 0. The normalized spacial score (nSPS) is 10.4. The van der Waals surface area contributed by atoms with E-state index < -0.39 is 17.2 Å². The third-order valence-electron chi connectivity index (χ3n) is 3.76. The van der Waals surface area contributed by atoms with Gasteiger partial charge in [0.15, 0.2) is 0 Å². The molecule has 0 bridgehead atoms. The maximum atomic E-state index is 13.2. The second kappa shape index (κ2) is 7.19. The first-order valence-electron chi connectivity index (χ1n) is 7.78. The highest BCUT2D eigenvalue weighted by Gasteiger charge is 2.11. The minimum absolute atomic E-state index is 0.0286. The average Bonchev–Trinajstić information content (AvgIpc) is 2.59. The van der Waals surface area contributed by atoms with Crippen molar-refractivity contribution in [1.29, 1.82) is 5.26 Å². The lowest BCUT2D eigenvalue weighted by Gasteiger charge is -2.10. The molecule has 0 atom stereocenters. The van der Waals surface area contributed by atoms with Crippen LogP contribution < -0.4 is 10.3 Å². The van der Waals surface area contributed by atoms with Gasteiger partial charge in [0.2, 0.25) is 0 Å². The minimum Gasteiger partial charge on any atom is -0.489 e. The van der Waals surface area contributed by atoms with Crippen LogP contribution in [-0.4, -0.2) is 4.98 Å². The van der Waals surface area contributed by atoms with Crippen molar-refractivity contribution in [3.05, 3.63) is 87.3 Å². The van der Waals surface area contributed by atoms with Crippen LogP contribution in [0.3, 0.4) is 0 Å². The fourth-order valence-electron chi connectivity index (χ4n) is 2.63. The molecular formula is C20H14F2N2O2. The van der Waals surface area contributed by atoms with Gasteiger partial charge in [-0.05, 0) is 30.2 Å². The highest BCUT2D eigenvalue weighted by atomic mass is 19.1. The quantitative estimate of drug-likeness (QED) is 0.769. The van der Waals surface area contributed by atoms with Crippen LogP contribution in [-0.2, 0) is 6.61 Å². The first kappa shape index (κ1) is 17.4. The number of H-pyrrole nitrogens is 1. The van der Waals surface area contributed by atoms with E-state index >= 15 is 0 Å². The molecule has 2 aromatic carbocycles. The Morgan fingerprint density at radius 1 is 1.12 bits per heavy atom. The van der Waals surface area contributed by atoms with Crippen molar-refractivity contribution < 1.29 is 13.5 Å². The Labute approximate surface area is 148 Å². The molecule has 3 rings (SSSR count). The predicted molar refractivity (Wildman–Crippen MR) is 92.6 cm³/mol. The molecule has 0 spiro atoms. The number of nitriles is 1. The Bertz CT molecular complexity index is 1050. The first-order valence-corrected chi connectivity index (χ1v) is 7.78. The molecule has 0 saturated carbocycles. The number of benzene rings is 2. The summed E-state index contributed by atoms with van der Waals surface area (Å²) in [5.74, 6) is -1.35. The second-order valence-corrected chi connectivity index (χ2v) is 5.78. The molecule has 4 nitrogen and oxygen atoms in total. The lowest BCUT2D eigenvalue weighted by atomic mass is 9.99. The van der Waals surface area contributed by atoms with E-state index in [0.29, 0.717) is 16.8 Å². The van der Waals surface area contributed by atoms with Gasteiger partial charge in [-0.25, -0.2) is 8.78 Å². The van der Waals surface area contributed by atoms with Crippen molar-refractivity contribution in [3.63, 3.8) is 0 Å². The van der Waals surface area contributed by atoms with Crippen LogP contribution in [0.15, 0.2) is 53.3 Å². The summed E-state index contributed by atoms with van der Waals surface area (Å²) in [4.78, 5) is 14.5. The third kappa shape index (κ3) is 3.78. The topological polar surface area (TPSA) is 65.9 Å². The van der Waals surface area contributed by atoms with E-state index in [2.05, 4.69) is 4.98 Å². The SMILES string of the molecule is Cc1cc(-c2cccc(COc3cc(F)cc(F)c3)c2)c(C#N)c(=O)[nH]1. The highest BCUT2D eigenvalue weighted by Crippen LogP contribution is 2.24. The van der Waals surface area contributed by atoms with Gasteiger partial charge in [0.1, 0.15) is 35.6 Å².